The largest absolute Gasteiger partial charge is 0.491 e. The Morgan fingerprint density at radius 1 is 1.42 bits per heavy atom. The summed E-state index contributed by atoms with van der Waals surface area (Å²) in [7, 11) is 0. The second-order valence-electron chi connectivity index (χ2n) is 4.71. The molecule has 0 spiro atoms. The van der Waals surface area contributed by atoms with Gasteiger partial charge in [-0.1, -0.05) is 6.07 Å². The van der Waals surface area contributed by atoms with Gasteiger partial charge < -0.3 is 25.1 Å². The quantitative estimate of drug-likeness (QED) is 0.726. The van der Waals surface area contributed by atoms with Gasteiger partial charge in [0.25, 0.3) is 0 Å². The molecule has 5 nitrogen and oxygen atoms in total. The lowest BCUT2D eigenvalue weighted by Crippen LogP contribution is -2.26. The smallest absolute Gasteiger partial charge is 0.121 e. The van der Waals surface area contributed by atoms with Gasteiger partial charge in [-0.3, -0.25) is 0 Å². The van der Waals surface area contributed by atoms with Crippen LogP contribution in [0.25, 0.3) is 0 Å². The molecule has 2 atom stereocenters. The molecule has 0 amide bonds. The minimum atomic E-state index is -0.650. The number of anilines is 1. The Morgan fingerprint density at radius 3 is 3.05 bits per heavy atom. The lowest BCUT2D eigenvalue weighted by Gasteiger charge is -2.15. The van der Waals surface area contributed by atoms with Crippen molar-refractivity contribution in [1.82, 2.24) is 0 Å². The Morgan fingerprint density at radius 2 is 2.32 bits per heavy atom. The molecule has 2 rings (SSSR count). The first kappa shape index (κ1) is 14.1. The van der Waals surface area contributed by atoms with Crippen molar-refractivity contribution >= 4 is 5.69 Å². The highest BCUT2D eigenvalue weighted by molar-refractivity contribution is 5.43. The van der Waals surface area contributed by atoms with E-state index in [-0.39, 0.29) is 19.3 Å². The zero-order chi connectivity index (χ0) is 13.5. The Kier molecular flexibility index (Phi) is 5.44. The number of hydrogen-bond acceptors (Lipinski definition) is 5. The number of ether oxygens (including phenoxy) is 3. The number of nitrogen functional groups attached to an aromatic ring is 1. The summed E-state index contributed by atoms with van der Waals surface area (Å²) in [4.78, 5) is 0. The van der Waals surface area contributed by atoms with Gasteiger partial charge in [-0.2, -0.15) is 0 Å². The molecule has 3 N–H and O–H groups in total. The third-order valence-electron chi connectivity index (χ3n) is 2.94. The van der Waals surface area contributed by atoms with E-state index in [1.54, 1.807) is 18.2 Å². The fourth-order valence-electron chi connectivity index (χ4n) is 1.96. The van der Waals surface area contributed by atoms with Crippen molar-refractivity contribution in [2.75, 3.05) is 32.2 Å². The normalized spacial score (nSPS) is 20.4. The number of aliphatic hydroxyl groups excluding tert-OH is 1. The zero-order valence-corrected chi connectivity index (χ0v) is 11.0. The van der Waals surface area contributed by atoms with Gasteiger partial charge in [0.2, 0.25) is 0 Å². The van der Waals surface area contributed by atoms with Crippen molar-refractivity contribution in [2.24, 2.45) is 0 Å². The molecule has 1 aromatic rings. The lowest BCUT2D eigenvalue weighted by molar-refractivity contribution is -0.0277. The van der Waals surface area contributed by atoms with Crippen molar-refractivity contribution in [3.8, 4) is 5.75 Å². The van der Waals surface area contributed by atoms with Crippen LogP contribution in [0.4, 0.5) is 5.69 Å². The first-order valence-corrected chi connectivity index (χ1v) is 6.60. The van der Waals surface area contributed by atoms with Crippen molar-refractivity contribution in [3.05, 3.63) is 24.3 Å². The number of nitrogens with two attached hydrogens (primary N) is 1. The van der Waals surface area contributed by atoms with Gasteiger partial charge in [-0.25, -0.2) is 0 Å². The first-order chi connectivity index (χ1) is 9.24. The summed E-state index contributed by atoms with van der Waals surface area (Å²) in [6.07, 6.45) is 1.66. The van der Waals surface area contributed by atoms with E-state index < -0.39 is 6.10 Å². The maximum Gasteiger partial charge on any atom is 0.121 e. The average Bonchev–Trinajstić information content (AvgIpc) is 2.90. The van der Waals surface area contributed by atoms with Crippen LogP contribution in [0, 0.1) is 0 Å². The summed E-state index contributed by atoms with van der Waals surface area (Å²) in [5.41, 5.74) is 6.27. The number of rotatable bonds is 7. The molecule has 1 fully saturated rings. The number of aliphatic hydroxyl groups is 1. The minimum Gasteiger partial charge on any atom is -0.491 e. The van der Waals surface area contributed by atoms with Gasteiger partial charge in [0.15, 0.2) is 0 Å². The molecule has 1 aliphatic heterocycles. The Hall–Kier alpha value is -1.30. The van der Waals surface area contributed by atoms with Crippen LogP contribution in [0.2, 0.25) is 0 Å². The van der Waals surface area contributed by atoms with E-state index in [1.807, 2.05) is 6.07 Å². The van der Waals surface area contributed by atoms with E-state index in [9.17, 15) is 5.11 Å². The summed E-state index contributed by atoms with van der Waals surface area (Å²) in [6.45, 7) is 1.79. The van der Waals surface area contributed by atoms with Crippen LogP contribution in [0.3, 0.4) is 0 Å². The third kappa shape index (κ3) is 5.06. The van der Waals surface area contributed by atoms with Crippen LogP contribution < -0.4 is 10.5 Å². The minimum absolute atomic E-state index is 0.182. The van der Waals surface area contributed by atoms with Gasteiger partial charge >= 0.3 is 0 Å². The molecular weight excluding hydrogens is 246 g/mol. The molecule has 19 heavy (non-hydrogen) atoms. The second-order valence-corrected chi connectivity index (χ2v) is 4.71. The fourth-order valence-corrected chi connectivity index (χ4v) is 1.96. The van der Waals surface area contributed by atoms with Gasteiger partial charge in [-0.15, -0.1) is 0 Å². The highest BCUT2D eigenvalue weighted by atomic mass is 16.5. The summed E-state index contributed by atoms with van der Waals surface area (Å²) in [5, 5.41) is 9.73. The maximum absolute atomic E-state index is 9.73. The van der Waals surface area contributed by atoms with Crippen LogP contribution in [0.15, 0.2) is 24.3 Å². The highest BCUT2D eigenvalue weighted by Gasteiger charge is 2.16. The van der Waals surface area contributed by atoms with E-state index in [4.69, 9.17) is 19.9 Å². The summed E-state index contributed by atoms with van der Waals surface area (Å²) in [5.74, 6) is 0.651. The van der Waals surface area contributed by atoms with Crippen molar-refractivity contribution in [1.29, 1.82) is 0 Å². The SMILES string of the molecule is Nc1cccc(OCC(O)COCC2CCCO2)c1. The lowest BCUT2D eigenvalue weighted by atomic mass is 10.2. The third-order valence-corrected chi connectivity index (χ3v) is 2.94. The van der Waals surface area contributed by atoms with Gasteiger partial charge in [0, 0.05) is 18.4 Å². The van der Waals surface area contributed by atoms with E-state index in [0.29, 0.717) is 18.0 Å². The average molecular weight is 267 g/mol. The van der Waals surface area contributed by atoms with Crippen LogP contribution in [0.5, 0.6) is 5.75 Å². The predicted molar refractivity (Wildman–Crippen MR) is 72.1 cm³/mol. The van der Waals surface area contributed by atoms with Gasteiger partial charge in [-0.05, 0) is 25.0 Å². The molecule has 1 aliphatic rings. The molecule has 1 heterocycles. The molecular formula is C14H21NO4. The van der Waals surface area contributed by atoms with Crippen LogP contribution in [-0.2, 0) is 9.47 Å². The molecule has 2 unspecified atom stereocenters. The van der Waals surface area contributed by atoms with Crippen LogP contribution in [0.1, 0.15) is 12.8 Å². The second kappa shape index (κ2) is 7.33. The van der Waals surface area contributed by atoms with Crippen molar-refractivity contribution in [3.63, 3.8) is 0 Å². The molecule has 0 radical (unpaired) electrons. The maximum atomic E-state index is 9.73. The molecule has 5 heteroatoms. The van der Waals surface area contributed by atoms with E-state index in [0.717, 1.165) is 19.4 Å². The molecule has 0 bridgehead atoms. The summed E-state index contributed by atoms with van der Waals surface area (Å²) >= 11 is 0. The first-order valence-electron chi connectivity index (χ1n) is 6.60. The molecule has 1 aromatic carbocycles. The zero-order valence-electron chi connectivity index (χ0n) is 11.0. The van der Waals surface area contributed by atoms with Crippen LogP contribution in [-0.4, -0.2) is 43.7 Å². The Bertz CT molecular complexity index is 379. The fraction of sp³-hybridized carbons (Fsp3) is 0.571. The number of benzene rings is 1. The van der Waals surface area contributed by atoms with Crippen molar-refractivity contribution < 1.29 is 19.3 Å². The molecule has 0 saturated carbocycles. The van der Waals surface area contributed by atoms with Crippen LogP contribution >= 0.6 is 0 Å². The molecule has 106 valence electrons. The van der Waals surface area contributed by atoms with Gasteiger partial charge in [0.1, 0.15) is 18.5 Å². The van der Waals surface area contributed by atoms with Gasteiger partial charge in [0.05, 0.1) is 19.3 Å². The van der Waals surface area contributed by atoms with E-state index in [2.05, 4.69) is 0 Å². The Labute approximate surface area is 113 Å². The molecule has 0 aromatic heterocycles. The van der Waals surface area contributed by atoms with E-state index >= 15 is 0 Å². The topological polar surface area (TPSA) is 73.9 Å². The predicted octanol–water partition coefficient (Wildman–Crippen LogP) is 1.20. The monoisotopic (exact) mass is 267 g/mol. The Balaban J connectivity index is 1.60. The summed E-state index contributed by atoms with van der Waals surface area (Å²) < 4.78 is 16.3. The number of hydrogen-bond donors (Lipinski definition) is 2. The van der Waals surface area contributed by atoms with Crippen molar-refractivity contribution in [2.45, 2.75) is 25.0 Å². The standard InChI is InChI=1S/C14H21NO4/c15-11-3-1-4-13(7-11)19-9-12(16)8-17-10-14-5-2-6-18-14/h1,3-4,7,12,14,16H,2,5-6,8-10,15H2. The molecule has 0 aliphatic carbocycles. The molecule has 1 saturated heterocycles. The van der Waals surface area contributed by atoms with E-state index in [1.165, 1.54) is 0 Å². The summed E-state index contributed by atoms with van der Waals surface area (Å²) in [6, 6.07) is 7.12. The highest BCUT2D eigenvalue weighted by Crippen LogP contribution is 2.15.